The van der Waals surface area contributed by atoms with Gasteiger partial charge in [-0.25, -0.2) is 5.06 Å². The molecular weight excluding hydrogens is 268 g/mol. The average Bonchev–Trinajstić information content (AvgIpc) is 3.11. The first-order valence-corrected chi connectivity index (χ1v) is 8.59. The number of ether oxygens (including phenoxy) is 1. The minimum Gasteiger partial charge on any atom is -0.373 e. The summed E-state index contributed by atoms with van der Waals surface area (Å²) in [5.74, 6) is 1.70. The second-order valence-electron chi connectivity index (χ2n) is 7.19. The van der Waals surface area contributed by atoms with Crippen molar-refractivity contribution in [3.63, 3.8) is 0 Å². The molecule has 0 N–H and O–H groups in total. The molecule has 5 heteroatoms. The van der Waals surface area contributed by atoms with Crippen molar-refractivity contribution >= 4 is 5.91 Å². The molecule has 0 spiro atoms. The molecule has 4 rings (SSSR count). The average molecular weight is 294 g/mol. The number of hydrogen-bond acceptors (Lipinski definition) is 4. The number of amides is 1. The highest BCUT2D eigenvalue weighted by Crippen LogP contribution is 2.37. The highest BCUT2D eigenvalue weighted by Gasteiger charge is 2.43. The first kappa shape index (κ1) is 14.0. The van der Waals surface area contributed by atoms with E-state index >= 15 is 0 Å². The van der Waals surface area contributed by atoms with Gasteiger partial charge in [-0.05, 0) is 38.0 Å². The van der Waals surface area contributed by atoms with Crippen molar-refractivity contribution < 1.29 is 14.4 Å². The standard InChI is InChI=1S/C16H26N2O3/c19-16(18-5-1-2-6-20-18)8-14-7-13-10-17(9-12-3-4-12)11-15(13)21-14/h12-15H,1-11H2/t13-,14+,15+/m1/s1. The molecular formula is C16H26N2O3. The monoisotopic (exact) mass is 294 g/mol. The molecule has 0 aromatic heterocycles. The van der Waals surface area contributed by atoms with Crippen molar-refractivity contribution in [2.24, 2.45) is 11.8 Å². The molecule has 3 heterocycles. The molecule has 0 unspecified atom stereocenters. The summed E-state index contributed by atoms with van der Waals surface area (Å²) in [6, 6.07) is 0. The van der Waals surface area contributed by atoms with Gasteiger partial charge in [0.15, 0.2) is 0 Å². The molecule has 4 fully saturated rings. The second-order valence-corrected chi connectivity index (χ2v) is 7.19. The van der Waals surface area contributed by atoms with Gasteiger partial charge in [0.05, 0.1) is 25.2 Å². The van der Waals surface area contributed by atoms with Crippen molar-refractivity contribution in [1.29, 1.82) is 0 Å². The van der Waals surface area contributed by atoms with Gasteiger partial charge >= 0.3 is 0 Å². The Hall–Kier alpha value is -0.650. The van der Waals surface area contributed by atoms with Crippen molar-refractivity contribution in [2.75, 3.05) is 32.8 Å². The highest BCUT2D eigenvalue weighted by molar-refractivity contribution is 5.75. The van der Waals surface area contributed by atoms with Gasteiger partial charge in [-0.1, -0.05) is 0 Å². The fourth-order valence-corrected chi connectivity index (χ4v) is 3.98. The van der Waals surface area contributed by atoms with Crippen LogP contribution in [0.5, 0.6) is 0 Å². The minimum absolute atomic E-state index is 0.106. The van der Waals surface area contributed by atoms with Crippen LogP contribution in [0.25, 0.3) is 0 Å². The topological polar surface area (TPSA) is 42.0 Å². The Bertz CT molecular complexity index is 379. The first-order chi connectivity index (χ1) is 10.3. The van der Waals surface area contributed by atoms with Crippen LogP contribution < -0.4 is 0 Å². The predicted molar refractivity (Wildman–Crippen MR) is 77.4 cm³/mol. The third kappa shape index (κ3) is 3.25. The summed E-state index contributed by atoms with van der Waals surface area (Å²) >= 11 is 0. The molecule has 0 aromatic carbocycles. The second kappa shape index (κ2) is 5.86. The first-order valence-electron chi connectivity index (χ1n) is 8.59. The van der Waals surface area contributed by atoms with Gasteiger partial charge in [-0.3, -0.25) is 9.63 Å². The molecule has 5 nitrogen and oxygen atoms in total. The third-order valence-electron chi connectivity index (χ3n) is 5.29. The summed E-state index contributed by atoms with van der Waals surface area (Å²) in [5, 5.41) is 1.56. The molecule has 1 aliphatic carbocycles. The molecule has 0 aromatic rings. The van der Waals surface area contributed by atoms with Crippen LogP contribution >= 0.6 is 0 Å². The molecule has 118 valence electrons. The van der Waals surface area contributed by atoms with Gasteiger partial charge in [0.25, 0.3) is 0 Å². The van der Waals surface area contributed by atoms with Crippen LogP contribution in [0.15, 0.2) is 0 Å². The Morgan fingerprint density at radius 3 is 2.81 bits per heavy atom. The van der Waals surface area contributed by atoms with E-state index in [9.17, 15) is 4.79 Å². The Balaban J connectivity index is 1.23. The quantitative estimate of drug-likeness (QED) is 0.786. The summed E-state index contributed by atoms with van der Waals surface area (Å²) in [4.78, 5) is 20.2. The fourth-order valence-electron chi connectivity index (χ4n) is 3.98. The maximum absolute atomic E-state index is 12.2. The number of likely N-dealkylation sites (tertiary alicyclic amines) is 1. The zero-order valence-corrected chi connectivity index (χ0v) is 12.7. The van der Waals surface area contributed by atoms with Gasteiger partial charge in [-0.2, -0.15) is 0 Å². The van der Waals surface area contributed by atoms with Crippen LogP contribution in [0.1, 0.15) is 38.5 Å². The van der Waals surface area contributed by atoms with Gasteiger partial charge in [0, 0.05) is 32.1 Å². The Labute approximate surface area is 126 Å². The van der Waals surface area contributed by atoms with E-state index in [1.807, 2.05) is 0 Å². The van der Waals surface area contributed by atoms with Crippen molar-refractivity contribution in [2.45, 2.75) is 50.7 Å². The highest BCUT2D eigenvalue weighted by atomic mass is 16.7. The number of carbonyl (C=O) groups excluding carboxylic acids is 1. The Kier molecular flexibility index (Phi) is 3.90. The predicted octanol–water partition coefficient (Wildman–Crippen LogP) is 1.43. The fraction of sp³-hybridized carbons (Fsp3) is 0.938. The van der Waals surface area contributed by atoms with Crippen molar-refractivity contribution in [3.05, 3.63) is 0 Å². The summed E-state index contributed by atoms with van der Waals surface area (Å²) in [5.41, 5.74) is 0. The Morgan fingerprint density at radius 2 is 2.10 bits per heavy atom. The SMILES string of the molecule is O=C(C[C@@H]1C[C@@H]2CN(CC3CC3)C[C@@H]2O1)N1CCCCO1. The maximum Gasteiger partial charge on any atom is 0.248 e. The lowest BCUT2D eigenvalue weighted by Crippen LogP contribution is -2.37. The molecule has 0 bridgehead atoms. The summed E-state index contributed by atoms with van der Waals surface area (Å²) in [7, 11) is 0. The summed E-state index contributed by atoms with van der Waals surface area (Å²) < 4.78 is 6.13. The normalized spacial score (nSPS) is 37.0. The summed E-state index contributed by atoms with van der Waals surface area (Å²) in [6.07, 6.45) is 6.97. The van der Waals surface area contributed by atoms with Crippen LogP contribution in [0.4, 0.5) is 0 Å². The molecule has 1 saturated carbocycles. The van der Waals surface area contributed by atoms with Gasteiger partial charge in [-0.15, -0.1) is 0 Å². The molecule has 0 radical (unpaired) electrons. The number of hydroxylamine groups is 2. The largest absolute Gasteiger partial charge is 0.373 e. The van der Waals surface area contributed by atoms with Gasteiger partial charge in [0.2, 0.25) is 5.91 Å². The van der Waals surface area contributed by atoms with E-state index in [2.05, 4.69) is 4.90 Å². The van der Waals surface area contributed by atoms with Crippen LogP contribution in [0.3, 0.4) is 0 Å². The van der Waals surface area contributed by atoms with Crippen LogP contribution in [0.2, 0.25) is 0 Å². The van der Waals surface area contributed by atoms with E-state index in [1.165, 1.54) is 25.9 Å². The van der Waals surface area contributed by atoms with Crippen LogP contribution in [-0.4, -0.2) is 60.9 Å². The number of nitrogens with zero attached hydrogens (tertiary/aromatic N) is 2. The molecule has 4 aliphatic rings. The smallest absolute Gasteiger partial charge is 0.248 e. The van der Waals surface area contributed by atoms with Crippen molar-refractivity contribution in [1.82, 2.24) is 9.96 Å². The van der Waals surface area contributed by atoms with E-state index in [-0.39, 0.29) is 12.0 Å². The van der Waals surface area contributed by atoms with E-state index in [0.717, 1.165) is 38.3 Å². The lowest BCUT2D eigenvalue weighted by atomic mass is 10.0. The maximum atomic E-state index is 12.2. The minimum atomic E-state index is 0.106. The Morgan fingerprint density at radius 1 is 1.19 bits per heavy atom. The van der Waals surface area contributed by atoms with Crippen LogP contribution in [-0.2, 0) is 14.4 Å². The van der Waals surface area contributed by atoms with E-state index in [0.29, 0.717) is 25.0 Å². The molecule has 3 saturated heterocycles. The molecule has 1 amide bonds. The zero-order valence-electron chi connectivity index (χ0n) is 12.7. The number of hydrogen-bond donors (Lipinski definition) is 0. The number of rotatable bonds is 4. The molecule has 3 atom stereocenters. The number of fused-ring (bicyclic) bond motifs is 1. The van der Waals surface area contributed by atoms with E-state index in [4.69, 9.17) is 9.57 Å². The van der Waals surface area contributed by atoms with Gasteiger partial charge < -0.3 is 9.64 Å². The lowest BCUT2D eigenvalue weighted by Gasteiger charge is -2.27. The third-order valence-corrected chi connectivity index (χ3v) is 5.29. The van der Waals surface area contributed by atoms with Crippen molar-refractivity contribution in [3.8, 4) is 0 Å². The van der Waals surface area contributed by atoms with Crippen LogP contribution in [0, 0.1) is 11.8 Å². The van der Waals surface area contributed by atoms with E-state index in [1.54, 1.807) is 5.06 Å². The lowest BCUT2D eigenvalue weighted by molar-refractivity contribution is -0.199. The molecule has 21 heavy (non-hydrogen) atoms. The summed E-state index contributed by atoms with van der Waals surface area (Å²) in [6.45, 7) is 4.94. The van der Waals surface area contributed by atoms with Gasteiger partial charge in [0.1, 0.15) is 0 Å². The number of carbonyl (C=O) groups is 1. The zero-order chi connectivity index (χ0) is 14.2. The molecule has 3 aliphatic heterocycles. The van der Waals surface area contributed by atoms with E-state index < -0.39 is 0 Å².